The number of halogens is 1. The van der Waals surface area contributed by atoms with E-state index in [-0.39, 0.29) is 5.78 Å². The molecule has 3 nitrogen and oxygen atoms in total. The number of thioether (sulfide) groups is 1. The highest BCUT2D eigenvalue weighted by atomic mass is 35.5. The van der Waals surface area contributed by atoms with Gasteiger partial charge in [-0.15, -0.1) is 0 Å². The Morgan fingerprint density at radius 3 is 2.65 bits per heavy atom. The molecule has 5 heteroatoms. The molecule has 96 valence electrons. The first-order chi connectivity index (χ1) is 8.13. The summed E-state index contributed by atoms with van der Waals surface area (Å²) in [4.78, 5) is 11.8. The number of aryl methyl sites for hydroxylation is 2. The second kappa shape index (κ2) is 7.07. The molecule has 0 aliphatic carbocycles. The van der Waals surface area contributed by atoms with Crippen LogP contribution in [0, 0.1) is 0 Å². The number of ketones is 1. The van der Waals surface area contributed by atoms with Crippen LogP contribution < -0.4 is 0 Å². The van der Waals surface area contributed by atoms with Gasteiger partial charge in [-0.3, -0.25) is 9.48 Å². The van der Waals surface area contributed by atoms with E-state index < -0.39 is 0 Å². The van der Waals surface area contributed by atoms with E-state index in [1.54, 1.807) is 11.8 Å². The minimum atomic E-state index is 0.219. The lowest BCUT2D eigenvalue weighted by atomic mass is 10.2. The van der Waals surface area contributed by atoms with Crippen molar-refractivity contribution in [2.75, 3.05) is 11.5 Å². The van der Waals surface area contributed by atoms with Crippen molar-refractivity contribution in [3.63, 3.8) is 0 Å². The van der Waals surface area contributed by atoms with E-state index in [2.05, 4.69) is 12.0 Å². The quantitative estimate of drug-likeness (QED) is 0.767. The molecule has 0 aromatic carbocycles. The van der Waals surface area contributed by atoms with Gasteiger partial charge in [0.1, 0.15) is 5.78 Å². The van der Waals surface area contributed by atoms with Crippen LogP contribution in [0.15, 0.2) is 0 Å². The third-order valence-corrected chi connectivity index (χ3v) is 3.90. The largest absolute Gasteiger partial charge is 0.298 e. The first kappa shape index (κ1) is 14.6. The second-order valence-electron chi connectivity index (χ2n) is 3.73. The summed E-state index contributed by atoms with van der Waals surface area (Å²) in [5, 5.41) is 5.08. The zero-order chi connectivity index (χ0) is 12.8. The van der Waals surface area contributed by atoms with E-state index in [0.717, 1.165) is 30.1 Å². The van der Waals surface area contributed by atoms with Gasteiger partial charge in [0.25, 0.3) is 0 Å². The van der Waals surface area contributed by atoms with Crippen LogP contribution in [0.1, 0.15) is 32.2 Å². The SMILES string of the molecule is CCSCC(=O)Cc1c(Cl)c(CC)nn1CC. The average Bonchev–Trinajstić information content (AvgIpc) is 2.63. The Bertz CT molecular complexity index is 390. The number of hydrogen-bond acceptors (Lipinski definition) is 3. The van der Waals surface area contributed by atoms with E-state index >= 15 is 0 Å². The van der Waals surface area contributed by atoms with E-state index in [9.17, 15) is 4.79 Å². The molecule has 0 N–H and O–H groups in total. The molecule has 0 spiro atoms. The highest BCUT2D eigenvalue weighted by molar-refractivity contribution is 7.99. The third-order valence-electron chi connectivity index (χ3n) is 2.53. The van der Waals surface area contributed by atoms with Crippen LogP contribution in [0.3, 0.4) is 0 Å². The summed E-state index contributed by atoms with van der Waals surface area (Å²) in [6.07, 6.45) is 1.20. The normalized spacial score (nSPS) is 10.8. The van der Waals surface area contributed by atoms with Crippen LogP contribution in [-0.2, 0) is 24.2 Å². The molecule has 0 saturated carbocycles. The molecule has 17 heavy (non-hydrogen) atoms. The molecule has 0 unspecified atom stereocenters. The predicted molar refractivity (Wildman–Crippen MR) is 74.0 cm³/mol. The minimum Gasteiger partial charge on any atom is -0.298 e. The Labute approximate surface area is 112 Å². The highest BCUT2D eigenvalue weighted by Gasteiger charge is 2.16. The summed E-state index contributed by atoms with van der Waals surface area (Å²) >= 11 is 7.89. The smallest absolute Gasteiger partial charge is 0.148 e. The van der Waals surface area contributed by atoms with Crippen molar-refractivity contribution in [3.8, 4) is 0 Å². The van der Waals surface area contributed by atoms with Crippen LogP contribution in [0.4, 0.5) is 0 Å². The number of Topliss-reactive ketones (excluding diaryl/α,β-unsaturated/α-hetero) is 1. The molecule has 0 radical (unpaired) electrons. The van der Waals surface area contributed by atoms with Crippen molar-refractivity contribution in [1.29, 1.82) is 0 Å². The first-order valence-corrected chi connectivity index (χ1v) is 7.50. The number of carbonyl (C=O) groups excluding carboxylic acids is 1. The Morgan fingerprint density at radius 1 is 1.41 bits per heavy atom. The van der Waals surface area contributed by atoms with Gasteiger partial charge in [-0.1, -0.05) is 25.4 Å². The molecule has 0 saturated heterocycles. The molecule has 1 aromatic heterocycles. The van der Waals surface area contributed by atoms with Gasteiger partial charge in [0.15, 0.2) is 0 Å². The lowest BCUT2D eigenvalue weighted by molar-refractivity contribution is -0.116. The fraction of sp³-hybridized carbons (Fsp3) is 0.667. The number of aromatic nitrogens is 2. The summed E-state index contributed by atoms with van der Waals surface area (Å²) in [6, 6.07) is 0. The minimum absolute atomic E-state index is 0.219. The van der Waals surface area contributed by atoms with Crippen molar-refractivity contribution in [2.45, 2.75) is 40.2 Å². The maximum absolute atomic E-state index is 11.8. The Morgan fingerprint density at radius 2 is 2.12 bits per heavy atom. The van der Waals surface area contributed by atoms with Gasteiger partial charge in [-0.2, -0.15) is 16.9 Å². The van der Waals surface area contributed by atoms with Crippen LogP contribution in [0.25, 0.3) is 0 Å². The van der Waals surface area contributed by atoms with Crippen molar-refractivity contribution in [1.82, 2.24) is 9.78 Å². The van der Waals surface area contributed by atoms with Crippen molar-refractivity contribution < 1.29 is 4.79 Å². The fourth-order valence-electron chi connectivity index (χ4n) is 1.64. The summed E-state index contributed by atoms with van der Waals surface area (Å²) in [6.45, 7) is 6.84. The molecular weight excluding hydrogens is 256 g/mol. The first-order valence-electron chi connectivity index (χ1n) is 5.97. The van der Waals surface area contributed by atoms with Gasteiger partial charge in [0.05, 0.1) is 28.6 Å². The standard InChI is InChI=1S/C12H19ClN2OS/c1-4-10-12(13)11(15(5-2)14-10)7-9(16)8-17-6-3/h4-8H2,1-3H3. The number of carbonyl (C=O) groups is 1. The molecule has 1 rings (SSSR count). The lowest BCUT2D eigenvalue weighted by Gasteiger charge is -2.04. The predicted octanol–water partition coefficient (Wildman–Crippen LogP) is 2.98. The fourth-order valence-corrected chi connectivity index (χ4v) is 2.51. The van der Waals surface area contributed by atoms with Crippen molar-refractivity contribution in [3.05, 3.63) is 16.4 Å². The van der Waals surface area contributed by atoms with Crippen LogP contribution >= 0.6 is 23.4 Å². The van der Waals surface area contributed by atoms with Gasteiger partial charge in [-0.05, 0) is 19.1 Å². The zero-order valence-corrected chi connectivity index (χ0v) is 12.2. The molecule has 1 heterocycles. The maximum atomic E-state index is 11.8. The molecule has 0 fully saturated rings. The number of rotatable bonds is 7. The summed E-state index contributed by atoms with van der Waals surface area (Å²) in [7, 11) is 0. The van der Waals surface area contributed by atoms with Gasteiger partial charge in [0, 0.05) is 6.54 Å². The molecule has 1 aromatic rings. The number of nitrogens with zero attached hydrogens (tertiary/aromatic N) is 2. The molecular formula is C12H19ClN2OS. The molecule has 0 amide bonds. The van der Waals surface area contributed by atoms with Gasteiger partial charge < -0.3 is 0 Å². The third kappa shape index (κ3) is 3.75. The molecule has 0 aliphatic heterocycles. The Balaban J connectivity index is 2.81. The topological polar surface area (TPSA) is 34.9 Å². The molecule has 0 aliphatic rings. The van der Waals surface area contributed by atoms with Crippen LogP contribution in [0.2, 0.25) is 5.02 Å². The van der Waals surface area contributed by atoms with Gasteiger partial charge in [-0.25, -0.2) is 0 Å². The summed E-state index contributed by atoms with van der Waals surface area (Å²) in [5.41, 5.74) is 1.76. The van der Waals surface area contributed by atoms with Crippen molar-refractivity contribution >= 4 is 29.1 Å². The monoisotopic (exact) mass is 274 g/mol. The number of hydrogen-bond donors (Lipinski definition) is 0. The maximum Gasteiger partial charge on any atom is 0.148 e. The Hall–Kier alpha value is -0.480. The van der Waals surface area contributed by atoms with E-state index in [4.69, 9.17) is 11.6 Å². The Kier molecular flexibility index (Phi) is 6.06. The van der Waals surface area contributed by atoms with Crippen LogP contribution in [0.5, 0.6) is 0 Å². The zero-order valence-electron chi connectivity index (χ0n) is 10.6. The lowest BCUT2D eigenvalue weighted by Crippen LogP contribution is -2.11. The van der Waals surface area contributed by atoms with E-state index in [0.29, 0.717) is 17.2 Å². The van der Waals surface area contributed by atoms with Crippen LogP contribution in [-0.4, -0.2) is 27.1 Å². The van der Waals surface area contributed by atoms with E-state index in [1.165, 1.54) is 0 Å². The average molecular weight is 275 g/mol. The highest BCUT2D eigenvalue weighted by Crippen LogP contribution is 2.22. The summed E-state index contributed by atoms with van der Waals surface area (Å²) in [5.74, 6) is 1.74. The molecule has 0 bridgehead atoms. The second-order valence-corrected chi connectivity index (χ2v) is 5.38. The summed E-state index contributed by atoms with van der Waals surface area (Å²) < 4.78 is 1.84. The van der Waals surface area contributed by atoms with E-state index in [1.807, 2.05) is 18.5 Å². The van der Waals surface area contributed by atoms with Gasteiger partial charge in [0.2, 0.25) is 0 Å². The van der Waals surface area contributed by atoms with Gasteiger partial charge >= 0.3 is 0 Å². The van der Waals surface area contributed by atoms with Crippen molar-refractivity contribution in [2.24, 2.45) is 0 Å². The molecule has 0 atom stereocenters.